The number of aromatic nitrogens is 1. The highest BCUT2D eigenvalue weighted by atomic mass is 127. The molecule has 0 spiro atoms. The molecule has 0 aliphatic rings. The highest BCUT2D eigenvalue weighted by molar-refractivity contribution is 14.2. The molecule has 1 aromatic rings. The predicted octanol–water partition coefficient (Wildman–Crippen LogP) is 1.83. The first kappa shape index (κ1) is 10.6. The molecule has 1 rings (SSSR count). The maximum absolute atomic E-state index is 5.65. The highest BCUT2D eigenvalue weighted by Gasteiger charge is 1.99. The van der Waals surface area contributed by atoms with Crippen molar-refractivity contribution >= 4 is 42.0 Å². The van der Waals surface area contributed by atoms with E-state index in [1.54, 1.807) is 13.2 Å². The molecule has 4 nitrogen and oxygen atoms in total. The molecular weight excluding hydrogens is 299 g/mol. The largest absolute Gasteiger partial charge is 0.384 e. The van der Waals surface area contributed by atoms with Crippen molar-refractivity contribution < 1.29 is 0 Å². The fourth-order valence-corrected chi connectivity index (χ4v) is 1.68. The number of nitrogens with two attached hydrogens (primary N) is 1. The summed E-state index contributed by atoms with van der Waals surface area (Å²) in [6.07, 6.45) is 1.70. The number of rotatable bonds is 3. The van der Waals surface area contributed by atoms with Crippen LogP contribution in [0.1, 0.15) is 5.56 Å². The van der Waals surface area contributed by atoms with Crippen LogP contribution in [0, 0.1) is 0 Å². The van der Waals surface area contributed by atoms with Gasteiger partial charge in [-0.05, 0) is 12.1 Å². The molecule has 0 radical (unpaired) electrons. The Morgan fingerprint density at radius 1 is 1.77 bits per heavy atom. The Bertz CT molecular complexity index is 315. The van der Waals surface area contributed by atoms with E-state index in [1.165, 1.54) is 9.12 Å². The molecule has 13 heavy (non-hydrogen) atoms. The molecule has 1 heterocycles. The van der Waals surface area contributed by atoms with Gasteiger partial charge in [0.25, 0.3) is 0 Å². The Balaban J connectivity index is 2.91. The van der Waals surface area contributed by atoms with Crippen molar-refractivity contribution in [2.45, 2.75) is 0 Å². The van der Waals surface area contributed by atoms with Gasteiger partial charge in [-0.25, -0.2) is 4.98 Å². The van der Waals surface area contributed by atoms with Gasteiger partial charge in [-0.3, -0.25) is 4.99 Å². The third-order valence-corrected chi connectivity index (χ3v) is 2.39. The molecule has 0 saturated heterocycles. The van der Waals surface area contributed by atoms with Gasteiger partial charge in [0.2, 0.25) is 0 Å². The first-order chi connectivity index (χ1) is 6.27. The van der Waals surface area contributed by atoms with E-state index in [-0.39, 0.29) is 0 Å². The second kappa shape index (κ2) is 5.28. The Hall–Kier alpha value is -0.500. The van der Waals surface area contributed by atoms with E-state index in [4.69, 9.17) is 5.73 Å². The number of anilines is 1. The van der Waals surface area contributed by atoms with Crippen molar-refractivity contribution in [2.75, 3.05) is 11.8 Å². The minimum atomic E-state index is 0.518. The first-order valence-electron chi connectivity index (χ1n) is 3.50. The number of halogens is 1. The number of amidine groups is 1. The number of nitrogens with zero attached hydrogens (tertiary/aromatic N) is 2. The summed E-state index contributed by atoms with van der Waals surface area (Å²) in [7, 11) is 3.12. The first-order valence-corrected chi connectivity index (χ1v) is 6.86. The zero-order valence-electron chi connectivity index (χ0n) is 6.99. The molecule has 0 bridgehead atoms. The molecule has 1 aromatic heterocycles. The number of nitrogens with one attached hydrogen (secondary N) is 1. The van der Waals surface area contributed by atoms with Gasteiger partial charge >= 0.3 is 0 Å². The van der Waals surface area contributed by atoms with Gasteiger partial charge in [0.15, 0.2) is 0 Å². The van der Waals surface area contributed by atoms with Gasteiger partial charge in [0.05, 0.1) is 0 Å². The van der Waals surface area contributed by atoms with Gasteiger partial charge in [-0.15, -0.1) is 0 Å². The molecule has 0 aliphatic heterocycles. The smallest absolute Gasteiger partial charge is 0.137 e. The van der Waals surface area contributed by atoms with Gasteiger partial charge in [0.1, 0.15) is 11.7 Å². The van der Waals surface area contributed by atoms with Crippen LogP contribution in [0.5, 0.6) is 0 Å². The van der Waals surface area contributed by atoms with Crippen molar-refractivity contribution in [3.63, 3.8) is 0 Å². The van der Waals surface area contributed by atoms with Crippen molar-refractivity contribution in [1.82, 2.24) is 4.98 Å². The molecule has 0 aromatic carbocycles. The lowest BCUT2D eigenvalue weighted by molar-refractivity contribution is 1.31. The SMILES string of the molecule is CN=C(N)c1ccnc(NSI)c1. The average Bonchev–Trinajstić information content (AvgIpc) is 2.18. The second-order valence-electron chi connectivity index (χ2n) is 2.22. The van der Waals surface area contributed by atoms with Crippen LogP contribution in [0.4, 0.5) is 5.82 Å². The number of aliphatic imine (C=N–C) groups is 1. The third kappa shape index (κ3) is 3.03. The molecule has 0 saturated carbocycles. The maximum Gasteiger partial charge on any atom is 0.137 e. The fourth-order valence-electron chi connectivity index (χ4n) is 0.814. The van der Waals surface area contributed by atoms with Crippen LogP contribution >= 0.6 is 30.3 Å². The number of hydrogen-bond donors (Lipinski definition) is 2. The lowest BCUT2D eigenvalue weighted by Gasteiger charge is -2.02. The molecule has 0 atom stereocenters. The molecule has 0 fully saturated rings. The summed E-state index contributed by atoms with van der Waals surface area (Å²) in [5, 5.41) is 0. The Kier molecular flexibility index (Phi) is 4.29. The Labute approximate surface area is 93.1 Å². The zero-order chi connectivity index (χ0) is 9.68. The van der Waals surface area contributed by atoms with Crippen molar-refractivity contribution in [2.24, 2.45) is 10.7 Å². The molecule has 0 unspecified atom stereocenters. The number of hydrogen-bond acceptors (Lipinski definition) is 4. The number of pyridine rings is 1. The van der Waals surface area contributed by atoms with Gasteiger partial charge in [0, 0.05) is 49.1 Å². The van der Waals surface area contributed by atoms with Crippen LogP contribution in [-0.2, 0) is 0 Å². The summed E-state index contributed by atoms with van der Waals surface area (Å²) in [6.45, 7) is 0. The van der Waals surface area contributed by atoms with Crippen LogP contribution in [0.2, 0.25) is 0 Å². The minimum absolute atomic E-state index is 0.518. The Morgan fingerprint density at radius 3 is 3.15 bits per heavy atom. The van der Waals surface area contributed by atoms with E-state index in [9.17, 15) is 0 Å². The highest BCUT2D eigenvalue weighted by Crippen LogP contribution is 2.15. The van der Waals surface area contributed by atoms with E-state index < -0.39 is 0 Å². The maximum atomic E-state index is 5.65. The lowest BCUT2D eigenvalue weighted by atomic mass is 10.2. The zero-order valence-corrected chi connectivity index (χ0v) is 9.96. The minimum Gasteiger partial charge on any atom is -0.384 e. The standard InChI is InChI=1S/C7H9IN4S/c1-10-7(9)5-2-3-11-6(4-5)12-13-8/h2-4H,1H3,(H2,9,10)(H,11,12). The molecule has 6 heteroatoms. The van der Waals surface area contributed by atoms with Crippen LogP contribution in [-0.4, -0.2) is 17.9 Å². The molecular formula is C7H9IN4S. The summed E-state index contributed by atoms with van der Waals surface area (Å²) in [5.74, 6) is 1.30. The summed E-state index contributed by atoms with van der Waals surface area (Å²) in [5.41, 5.74) is 6.53. The average molecular weight is 308 g/mol. The fraction of sp³-hybridized carbons (Fsp3) is 0.143. The van der Waals surface area contributed by atoms with Gasteiger partial charge in [-0.2, -0.15) is 0 Å². The van der Waals surface area contributed by atoms with Crippen LogP contribution < -0.4 is 10.5 Å². The van der Waals surface area contributed by atoms with E-state index >= 15 is 0 Å². The molecule has 0 amide bonds. The topological polar surface area (TPSA) is 63.3 Å². The summed E-state index contributed by atoms with van der Waals surface area (Å²) < 4.78 is 3.01. The van der Waals surface area contributed by atoms with Crippen molar-refractivity contribution in [1.29, 1.82) is 0 Å². The molecule has 70 valence electrons. The monoisotopic (exact) mass is 308 g/mol. The molecule has 0 aliphatic carbocycles. The van der Waals surface area contributed by atoms with E-state index in [0.29, 0.717) is 5.84 Å². The molecule has 3 N–H and O–H groups in total. The van der Waals surface area contributed by atoms with Crippen LogP contribution in [0.15, 0.2) is 23.3 Å². The van der Waals surface area contributed by atoms with E-state index in [2.05, 4.69) is 35.9 Å². The van der Waals surface area contributed by atoms with E-state index in [1.807, 2.05) is 12.1 Å². The predicted molar refractivity (Wildman–Crippen MR) is 66.1 cm³/mol. The van der Waals surface area contributed by atoms with Crippen LogP contribution in [0.25, 0.3) is 0 Å². The van der Waals surface area contributed by atoms with Gasteiger partial charge < -0.3 is 10.5 Å². The third-order valence-electron chi connectivity index (χ3n) is 1.44. The summed E-state index contributed by atoms with van der Waals surface area (Å²) in [6, 6.07) is 3.68. The normalized spacial score (nSPS) is 11.4. The second-order valence-corrected chi connectivity index (χ2v) is 3.90. The quantitative estimate of drug-likeness (QED) is 0.387. The Morgan fingerprint density at radius 2 is 2.54 bits per heavy atom. The summed E-state index contributed by atoms with van der Waals surface area (Å²) in [4.78, 5) is 7.99. The van der Waals surface area contributed by atoms with Gasteiger partial charge in [-0.1, -0.05) is 0 Å². The van der Waals surface area contributed by atoms with Crippen molar-refractivity contribution in [3.05, 3.63) is 23.9 Å². The van der Waals surface area contributed by atoms with Crippen LogP contribution in [0.3, 0.4) is 0 Å². The van der Waals surface area contributed by atoms with E-state index in [0.717, 1.165) is 11.4 Å². The lowest BCUT2D eigenvalue weighted by Crippen LogP contribution is -2.13. The summed E-state index contributed by atoms with van der Waals surface area (Å²) >= 11 is 2.13. The van der Waals surface area contributed by atoms with Crippen molar-refractivity contribution in [3.8, 4) is 0 Å².